The van der Waals surface area contributed by atoms with Gasteiger partial charge in [-0.15, -0.1) is 0 Å². The number of nitrogens with two attached hydrogens (primary N) is 1. The van der Waals surface area contributed by atoms with E-state index in [2.05, 4.69) is 19.2 Å². The summed E-state index contributed by atoms with van der Waals surface area (Å²) in [7, 11) is 0. The Balaban J connectivity index is 1.88. The minimum Gasteiger partial charge on any atom is -0.351 e. The van der Waals surface area contributed by atoms with Gasteiger partial charge in [-0.05, 0) is 36.5 Å². The van der Waals surface area contributed by atoms with Gasteiger partial charge in [0.05, 0.1) is 0 Å². The van der Waals surface area contributed by atoms with Gasteiger partial charge in [-0.2, -0.15) is 0 Å². The van der Waals surface area contributed by atoms with Crippen molar-refractivity contribution >= 4 is 17.6 Å². The number of carbonyl (C=O) groups excluding carboxylic acids is 2. The van der Waals surface area contributed by atoms with Gasteiger partial charge in [0.2, 0.25) is 5.91 Å². The lowest BCUT2D eigenvalue weighted by Crippen LogP contribution is -2.43. The molecule has 114 valence electrons. The first-order valence-electron chi connectivity index (χ1n) is 7.42. The molecule has 1 aromatic rings. The molecule has 0 spiro atoms. The zero-order chi connectivity index (χ0) is 15.4. The number of carbonyl (C=O) groups is 2. The predicted molar refractivity (Wildman–Crippen MR) is 83.0 cm³/mol. The monoisotopic (exact) mass is 289 g/mol. The van der Waals surface area contributed by atoms with E-state index in [0.29, 0.717) is 31.8 Å². The molecular formula is C16H23N3O2. The number of hydrogen-bond acceptors (Lipinski definition) is 2. The molecule has 0 radical (unpaired) electrons. The van der Waals surface area contributed by atoms with Crippen LogP contribution in [0, 0.1) is 5.92 Å². The quantitative estimate of drug-likeness (QED) is 0.897. The van der Waals surface area contributed by atoms with E-state index in [-0.39, 0.29) is 11.8 Å². The van der Waals surface area contributed by atoms with Crippen molar-refractivity contribution in [1.29, 1.82) is 0 Å². The highest BCUT2D eigenvalue weighted by atomic mass is 16.2. The van der Waals surface area contributed by atoms with E-state index in [0.717, 1.165) is 5.69 Å². The van der Waals surface area contributed by atoms with Gasteiger partial charge in [0.25, 0.3) is 0 Å². The van der Waals surface area contributed by atoms with Crippen molar-refractivity contribution in [2.75, 3.05) is 18.4 Å². The van der Waals surface area contributed by atoms with E-state index in [1.807, 2.05) is 24.3 Å². The number of piperidine rings is 1. The maximum atomic E-state index is 12.2. The summed E-state index contributed by atoms with van der Waals surface area (Å²) in [5, 5.41) is 2.95. The zero-order valence-corrected chi connectivity index (χ0v) is 12.6. The van der Waals surface area contributed by atoms with Crippen LogP contribution in [0.4, 0.5) is 10.5 Å². The maximum absolute atomic E-state index is 12.2. The lowest BCUT2D eigenvalue weighted by Gasteiger charge is -2.29. The Morgan fingerprint density at radius 1 is 1.19 bits per heavy atom. The highest BCUT2D eigenvalue weighted by Crippen LogP contribution is 2.21. The van der Waals surface area contributed by atoms with Crippen LogP contribution in [0.1, 0.15) is 38.2 Å². The van der Waals surface area contributed by atoms with Gasteiger partial charge in [0, 0.05) is 24.7 Å². The number of amides is 3. The number of likely N-dealkylation sites (tertiary alicyclic amines) is 1. The highest BCUT2D eigenvalue weighted by molar-refractivity contribution is 5.92. The lowest BCUT2D eigenvalue weighted by molar-refractivity contribution is -0.121. The van der Waals surface area contributed by atoms with Crippen molar-refractivity contribution in [3.63, 3.8) is 0 Å². The van der Waals surface area contributed by atoms with Crippen LogP contribution in [0.5, 0.6) is 0 Å². The first-order valence-corrected chi connectivity index (χ1v) is 7.42. The molecule has 1 fully saturated rings. The number of nitrogens with zero attached hydrogens (tertiary/aromatic N) is 1. The van der Waals surface area contributed by atoms with Crippen molar-refractivity contribution in [1.82, 2.24) is 4.90 Å². The minimum absolute atomic E-state index is 0.0245. The van der Waals surface area contributed by atoms with Gasteiger partial charge < -0.3 is 16.0 Å². The van der Waals surface area contributed by atoms with Crippen molar-refractivity contribution < 1.29 is 9.59 Å². The molecule has 0 saturated carbocycles. The van der Waals surface area contributed by atoms with Crippen LogP contribution in [-0.2, 0) is 4.79 Å². The summed E-state index contributed by atoms with van der Waals surface area (Å²) in [5.41, 5.74) is 7.31. The van der Waals surface area contributed by atoms with Gasteiger partial charge in [-0.1, -0.05) is 26.0 Å². The molecule has 0 atom stereocenters. The summed E-state index contributed by atoms with van der Waals surface area (Å²) in [6.45, 7) is 5.39. The number of nitrogens with one attached hydrogen (secondary N) is 1. The zero-order valence-electron chi connectivity index (χ0n) is 12.6. The van der Waals surface area contributed by atoms with E-state index in [9.17, 15) is 9.59 Å². The summed E-state index contributed by atoms with van der Waals surface area (Å²) in [5.74, 6) is 0.453. The Kier molecular flexibility index (Phi) is 4.83. The molecular weight excluding hydrogens is 266 g/mol. The normalized spacial score (nSPS) is 16.0. The molecule has 5 heteroatoms. The smallest absolute Gasteiger partial charge is 0.314 e. The summed E-state index contributed by atoms with van der Waals surface area (Å²) in [4.78, 5) is 24.9. The Hall–Kier alpha value is -2.04. The average Bonchev–Trinajstić information content (AvgIpc) is 2.47. The number of benzene rings is 1. The fourth-order valence-electron chi connectivity index (χ4n) is 2.56. The van der Waals surface area contributed by atoms with E-state index in [1.165, 1.54) is 5.56 Å². The standard InChI is InChI=1S/C16H23N3O2/c1-11(2)12-3-5-14(6-4-12)18-15(20)13-7-9-19(10-8-13)16(17)21/h3-6,11,13H,7-10H2,1-2H3,(H2,17,21)(H,18,20). The van der Waals surface area contributed by atoms with Crippen molar-refractivity contribution in [3.05, 3.63) is 29.8 Å². The van der Waals surface area contributed by atoms with Crippen LogP contribution in [0.15, 0.2) is 24.3 Å². The Labute approximate surface area is 125 Å². The predicted octanol–water partition coefficient (Wildman–Crippen LogP) is 2.54. The molecule has 21 heavy (non-hydrogen) atoms. The van der Waals surface area contributed by atoms with Crippen LogP contribution in [0.25, 0.3) is 0 Å². The Bertz CT molecular complexity index is 503. The maximum Gasteiger partial charge on any atom is 0.314 e. The first-order chi connectivity index (χ1) is 9.97. The molecule has 1 aliphatic heterocycles. The van der Waals surface area contributed by atoms with E-state index >= 15 is 0 Å². The molecule has 1 aromatic carbocycles. The number of urea groups is 1. The number of primary amides is 1. The molecule has 0 bridgehead atoms. The molecule has 2 rings (SSSR count). The minimum atomic E-state index is -0.405. The van der Waals surface area contributed by atoms with Gasteiger partial charge in [-0.3, -0.25) is 4.79 Å². The summed E-state index contributed by atoms with van der Waals surface area (Å²) >= 11 is 0. The molecule has 1 heterocycles. The summed E-state index contributed by atoms with van der Waals surface area (Å²) in [6.07, 6.45) is 1.33. The fraction of sp³-hybridized carbons (Fsp3) is 0.500. The van der Waals surface area contributed by atoms with Crippen molar-refractivity contribution in [2.24, 2.45) is 11.7 Å². The second kappa shape index (κ2) is 6.61. The second-order valence-corrected chi connectivity index (χ2v) is 5.87. The Morgan fingerprint density at radius 3 is 2.24 bits per heavy atom. The third-order valence-corrected chi connectivity index (χ3v) is 4.02. The molecule has 3 amide bonds. The van der Waals surface area contributed by atoms with Gasteiger partial charge >= 0.3 is 6.03 Å². The summed E-state index contributed by atoms with van der Waals surface area (Å²) < 4.78 is 0. The van der Waals surface area contributed by atoms with E-state index < -0.39 is 6.03 Å². The lowest BCUT2D eigenvalue weighted by atomic mass is 9.96. The Morgan fingerprint density at radius 2 is 1.76 bits per heavy atom. The topological polar surface area (TPSA) is 75.4 Å². The number of rotatable bonds is 3. The van der Waals surface area contributed by atoms with E-state index in [1.54, 1.807) is 4.90 Å². The van der Waals surface area contributed by atoms with Gasteiger partial charge in [-0.25, -0.2) is 4.79 Å². The van der Waals surface area contributed by atoms with E-state index in [4.69, 9.17) is 5.73 Å². The highest BCUT2D eigenvalue weighted by Gasteiger charge is 2.26. The molecule has 0 aliphatic carbocycles. The van der Waals surface area contributed by atoms with Crippen molar-refractivity contribution in [3.8, 4) is 0 Å². The van der Waals surface area contributed by atoms with Gasteiger partial charge in [0.15, 0.2) is 0 Å². The fourth-order valence-corrected chi connectivity index (χ4v) is 2.56. The van der Waals surface area contributed by atoms with Crippen molar-refractivity contribution in [2.45, 2.75) is 32.6 Å². The first kappa shape index (κ1) is 15.4. The van der Waals surface area contributed by atoms with Crippen LogP contribution >= 0.6 is 0 Å². The molecule has 1 aliphatic rings. The molecule has 1 saturated heterocycles. The second-order valence-electron chi connectivity index (χ2n) is 5.87. The molecule has 0 unspecified atom stereocenters. The van der Waals surface area contributed by atoms with Crippen LogP contribution in [0.2, 0.25) is 0 Å². The van der Waals surface area contributed by atoms with Gasteiger partial charge in [0.1, 0.15) is 0 Å². The molecule has 3 N–H and O–H groups in total. The SMILES string of the molecule is CC(C)c1ccc(NC(=O)C2CCN(C(N)=O)CC2)cc1. The number of anilines is 1. The largest absolute Gasteiger partial charge is 0.351 e. The molecule has 0 aromatic heterocycles. The molecule has 5 nitrogen and oxygen atoms in total. The number of hydrogen-bond donors (Lipinski definition) is 2. The third-order valence-electron chi connectivity index (χ3n) is 4.02. The average molecular weight is 289 g/mol. The third kappa shape index (κ3) is 3.97. The summed E-state index contributed by atoms with van der Waals surface area (Å²) in [6, 6.07) is 7.54. The van der Waals surface area contributed by atoms with Crippen LogP contribution < -0.4 is 11.1 Å². The van der Waals surface area contributed by atoms with Crippen LogP contribution in [0.3, 0.4) is 0 Å². The van der Waals surface area contributed by atoms with Crippen LogP contribution in [-0.4, -0.2) is 29.9 Å².